The second kappa shape index (κ2) is 14.3. The summed E-state index contributed by atoms with van der Waals surface area (Å²) in [7, 11) is 0. The topological polar surface area (TPSA) is 115 Å². The summed E-state index contributed by atoms with van der Waals surface area (Å²) in [6, 6.07) is 8.59. The Labute approximate surface area is 312 Å². The van der Waals surface area contributed by atoms with E-state index in [2.05, 4.69) is 99.0 Å². The first-order valence-corrected chi connectivity index (χ1v) is 19.4. The molecule has 3 aliphatic rings. The van der Waals surface area contributed by atoms with Crippen LogP contribution in [0.5, 0.6) is 0 Å². The van der Waals surface area contributed by atoms with Crippen LogP contribution >= 0.6 is 0 Å². The Bertz CT molecular complexity index is 1670. The molecule has 3 saturated heterocycles. The standard InChI is InChI=1S/C43H65N3O6/c1-38(2)20-17-29(24-41(7,8)44-38)50-35(47)28-14-15-32-27(23-28)13-16-33(36(48)51-30-18-21-39(3,4)45-42(9,10)25-30)34(32)37(49)52-31-19-22-40(5,6)46-43(11,12)26-31/h13-16,23,29-31,44-46H,17-22,24-26H2,1-12H3. The van der Waals surface area contributed by atoms with E-state index in [1.54, 1.807) is 30.3 Å². The van der Waals surface area contributed by atoms with E-state index in [-0.39, 0.29) is 62.7 Å². The van der Waals surface area contributed by atoms with E-state index in [1.165, 1.54) is 0 Å². The van der Waals surface area contributed by atoms with E-state index in [0.29, 0.717) is 48.4 Å². The molecule has 288 valence electrons. The monoisotopic (exact) mass is 719 g/mol. The maximum atomic E-state index is 14.3. The molecule has 2 aromatic carbocycles. The van der Waals surface area contributed by atoms with Crippen molar-refractivity contribution in [3.8, 4) is 0 Å². The van der Waals surface area contributed by atoms with Crippen molar-refractivity contribution in [3.63, 3.8) is 0 Å². The Morgan fingerprint density at radius 2 is 0.923 bits per heavy atom. The molecule has 0 saturated carbocycles. The largest absolute Gasteiger partial charge is 0.459 e. The van der Waals surface area contributed by atoms with Crippen molar-refractivity contribution >= 4 is 28.7 Å². The summed E-state index contributed by atoms with van der Waals surface area (Å²) in [4.78, 5) is 42.0. The van der Waals surface area contributed by atoms with Gasteiger partial charge in [0.1, 0.15) is 18.3 Å². The number of carbonyl (C=O) groups excluding carboxylic acids is 3. The van der Waals surface area contributed by atoms with Crippen LogP contribution in [0.4, 0.5) is 0 Å². The fourth-order valence-corrected chi connectivity index (χ4v) is 9.46. The van der Waals surface area contributed by atoms with Gasteiger partial charge in [0, 0.05) is 52.5 Å². The molecule has 0 bridgehead atoms. The molecule has 0 amide bonds. The van der Waals surface area contributed by atoms with Crippen LogP contribution in [0.2, 0.25) is 0 Å². The van der Waals surface area contributed by atoms with E-state index in [4.69, 9.17) is 14.2 Å². The van der Waals surface area contributed by atoms with E-state index >= 15 is 0 Å². The minimum absolute atomic E-state index is 0.0589. The van der Waals surface area contributed by atoms with Gasteiger partial charge >= 0.3 is 17.9 Å². The lowest BCUT2D eigenvalue weighted by Crippen LogP contribution is -2.51. The van der Waals surface area contributed by atoms with Crippen molar-refractivity contribution in [2.45, 2.75) is 192 Å². The van der Waals surface area contributed by atoms with E-state index < -0.39 is 17.9 Å². The quantitative estimate of drug-likeness (QED) is 0.200. The van der Waals surface area contributed by atoms with Crippen molar-refractivity contribution in [1.82, 2.24) is 16.0 Å². The molecule has 9 nitrogen and oxygen atoms in total. The molecule has 0 spiro atoms. The summed E-state index contributed by atoms with van der Waals surface area (Å²) in [6.07, 6.45) is 5.81. The zero-order chi connectivity index (χ0) is 38.5. The molecule has 0 aromatic heterocycles. The molecule has 3 unspecified atom stereocenters. The molecule has 52 heavy (non-hydrogen) atoms. The van der Waals surface area contributed by atoms with Gasteiger partial charge in [0.05, 0.1) is 16.7 Å². The highest BCUT2D eigenvalue weighted by Gasteiger charge is 2.39. The van der Waals surface area contributed by atoms with Crippen molar-refractivity contribution in [1.29, 1.82) is 0 Å². The Morgan fingerprint density at radius 1 is 0.519 bits per heavy atom. The molecule has 3 aliphatic heterocycles. The lowest BCUT2D eigenvalue weighted by molar-refractivity contribution is 0.0181. The average molecular weight is 720 g/mol. The second-order valence-electron chi connectivity index (χ2n) is 19.9. The number of esters is 3. The molecule has 0 aliphatic carbocycles. The summed E-state index contributed by atoms with van der Waals surface area (Å²) in [6.45, 7) is 25.8. The van der Waals surface area contributed by atoms with Crippen molar-refractivity contribution in [2.24, 2.45) is 0 Å². The number of nitrogens with one attached hydrogen (secondary N) is 3. The Balaban J connectivity index is 1.46. The zero-order valence-electron chi connectivity index (χ0n) is 33.9. The maximum absolute atomic E-state index is 14.3. The third-order valence-electron chi connectivity index (χ3n) is 11.0. The van der Waals surface area contributed by atoms with Gasteiger partial charge in [-0.05, 0) is 151 Å². The van der Waals surface area contributed by atoms with Gasteiger partial charge in [0.2, 0.25) is 0 Å². The first-order chi connectivity index (χ1) is 23.8. The molecular formula is C43H65N3O6. The summed E-state index contributed by atoms with van der Waals surface area (Å²) in [5, 5.41) is 12.3. The number of hydrogen-bond acceptors (Lipinski definition) is 9. The SMILES string of the molecule is CC1(C)CCC(OC(=O)c2ccc3c(C(=O)OC4CCC(C)(C)NC(C)(C)C4)c(C(=O)OC4CCC(C)(C)NC(C)(C)C4)ccc3c2)CC(C)(C)N1. The van der Waals surface area contributed by atoms with Crippen LogP contribution in [-0.2, 0) is 14.2 Å². The zero-order valence-corrected chi connectivity index (χ0v) is 33.9. The minimum atomic E-state index is -0.562. The number of rotatable bonds is 6. The molecule has 0 radical (unpaired) electrons. The highest BCUT2D eigenvalue weighted by molar-refractivity contribution is 6.13. The molecule has 3 heterocycles. The molecular weight excluding hydrogens is 654 g/mol. The molecule has 5 rings (SSSR count). The maximum Gasteiger partial charge on any atom is 0.339 e. The van der Waals surface area contributed by atoms with Crippen LogP contribution in [0.1, 0.15) is 172 Å². The van der Waals surface area contributed by atoms with Crippen molar-refractivity contribution in [3.05, 3.63) is 47.0 Å². The van der Waals surface area contributed by atoms with Gasteiger partial charge in [0.25, 0.3) is 0 Å². The number of hydrogen-bond donors (Lipinski definition) is 3. The first kappa shape index (κ1) is 40.2. The van der Waals surface area contributed by atoms with Gasteiger partial charge < -0.3 is 30.2 Å². The third kappa shape index (κ3) is 10.4. The summed E-state index contributed by atoms with van der Waals surface area (Å²) in [5.41, 5.74) is -0.224. The van der Waals surface area contributed by atoms with Gasteiger partial charge in [-0.3, -0.25) is 0 Å². The predicted molar refractivity (Wildman–Crippen MR) is 207 cm³/mol. The number of fused-ring (bicyclic) bond motifs is 1. The van der Waals surface area contributed by atoms with Crippen LogP contribution < -0.4 is 16.0 Å². The van der Waals surface area contributed by atoms with Crippen molar-refractivity contribution < 1.29 is 28.6 Å². The lowest BCUT2D eigenvalue weighted by Gasteiger charge is -2.34. The van der Waals surface area contributed by atoms with Crippen molar-refractivity contribution in [2.75, 3.05) is 0 Å². The molecule has 3 N–H and O–H groups in total. The van der Waals surface area contributed by atoms with Gasteiger partial charge in [-0.2, -0.15) is 0 Å². The van der Waals surface area contributed by atoms with Crippen LogP contribution in [0.25, 0.3) is 10.8 Å². The Kier molecular flexibility index (Phi) is 11.1. The smallest absolute Gasteiger partial charge is 0.339 e. The fraction of sp³-hybridized carbons (Fsp3) is 0.698. The highest BCUT2D eigenvalue weighted by Crippen LogP contribution is 2.34. The van der Waals surface area contributed by atoms with E-state index in [9.17, 15) is 14.4 Å². The van der Waals surface area contributed by atoms with Crippen LogP contribution in [0.15, 0.2) is 30.3 Å². The normalized spacial score (nSPS) is 27.7. The van der Waals surface area contributed by atoms with Crippen LogP contribution in [0.3, 0.4) is 0 Å². The van der Waals surface area contributed by atoms with E-state index in [1.807, 2.05) is 0 Å². The Morgan fingerprint density at radius 3 is 1.37 bits per heavy atom. The second-order valence-corrected chi connectivity index (χ2v) is 19.9. The summed E-state index contributed by atoms with van der Waals surface area (Å²) < 4.78 is 18.6. The molecule has 3 fully saturated rings. The van der Waals surface area contributed by atoms with Gasteiger partial charge in [-0.1, -0.05) is 12.1 Å². The summed E-state index contributed by atoms with van der Waals surface area (Å²) in [5.74, 6) is -1.51. The molecule has 3 atom stereocenters. The average Bonchev–Trinajstić information content (AvgIpc) is 3.22. The molecule has 2 aromatic rings. The fourth-order valence-electron chi connectivity index (χ4n) is 9.46. The molecule has 9 heteroatoms. The van der Waals surface area contributed by atoms with Gasteiger partial charge in [-0.15, -0.1) is 0 Å². The van der Waals surface area contributed by atoms with Gasteiger partial charge in [-0.25, -0.2) is 14.4 Å². The minimum Gasteiger partial charge on any atom is -0.459 e. The van der Waals surface area contributed by atoms with E-state index in [0.717, 1.165) is 25.7 Å². The highest BCUT2D eigenvalue weighted by atomic mass is 16.6. The Hall–Kier alpha value is -3.01. The van der Waals surface area contributed by atoms with Crippen LogP contribution in [0, 0.1) is 0 Å². The van der Waals surface area contributed by atoms with Gasteiger partial charge in [0.15, 0.2) is 0 Å². The number of benzene rings is 2. The first-order valence-electron chi connectivity index (χ1n) is 19.4. The number of ether oxygens (including phenoxy) is 3. The lowest BCUT2D eigenvalue weighted by atomic mass is 9.95. The van der Waals surface area contributed by atoms with Crippen LogP contribution in [-0.4, -0.2) is 69.5 Å². The number of carbonyl (C=O) groups is 3. The summed E-state index contributed by atoms with van der Waals surface area (Å²) >= 11 is 0. The predicted octanol–water partition coefficient (Wildman–Crippen LogP) is 8.41. The third-order valence-corrected chi connectivity index (χ3v) is 11.0.